The second kappa shape index (κ2) is 8.00. The van der Waals surface area contributed by atoms with E-state index in [1.54, 1.807) is 12.4 Å². The van der Waals surface area contributed by atoms with E-state index in [0.29, 0.717) is 12.4 Å². The molecular weight excluding hydrogens is 348 g/mol. The van der Waals surface area contributed by atoms with E-state index >= 15 is 0 Å². The minimum atomic E-state index is 0.656. The van der Waals surface area contributed by atoms with Crippen LogP contribution in [-0.2, 0) is 13.1 Å². The predicted molar refractivity (Wildman–Crippen MR) is 110 cm³/mol. The van der Waals surface area contributed by atoms with E-state index in [-0.39, 0.29) is 0 Å². The van der Waals surface area contributed by atoms with E-state index in [9.17, 15) is 0 Å². The van der Waals surface area contributed by atoms with Crippen molar-refractivity contribution in [2.75, 3.05) is 11.9 Å². The Labute approximate surface area is 164 Å². The number of rotatable bonds is 6. The van der Waals surface area contributed by atoms with Crippen LogP contribution in [0.3, 0.4) is 0 Å². The highest BCUT2D eigenvalue weighted by Crippen LogP contribution is 2.20. The van der Waals surface area contributed by atoms with E-state index in [1.807, 2.05) is 50.6 Å². The molecule has 3 aromatic heterocycles. The fraction of sp³-hybridized carbons (Fsp3) is 0.182. The largest absolute Gasteiger partial charge is 0.352 e. The zero-order valence-corrected chi connectivity index (χ0v) is 16.0. The summed E-state index contributed by atoms with van der Waals surface area (Å²) in [5, 5.41) is 0. The van der Waals surface area contributed by atoms with Crippen LogP contribution in [0, 0.1) is 6.92 Å². The van der Waals surface area contributed by atoms with Gasteiger partial charge in [-0.15, -0.1) is 0 Å². The molecule has 0 fully saturated rings. The molecule has 0 aliphatic carbocycles. The molecule has 0 amide bonds. The average Bonchev–Trinajstić information content (AvgIpc) is 3.15. The second-order valence-corrected chi connectivity index (χ2v) is 6.75. The molecule has 0 spiro atoms. The first-order chi connectivity index (χ1) is 13.7. The highest BCUT2D eigenvalue weighted by Gasteiger charge is 2.12. The number of pyridine rings is 1. The molecule has 4 rings (SSSR count). The van der Waals surface area contributed by atoms with Crippen LogP contribution in [0.5, 0.6) is 0 Å². The zero-order valence-electron chi connectivity index (χ0n) is 16.0. The molecule has 0 radical (unpaired) electrons. The van der Waals surface area contributed by atoms with Crippen LogP contribution in [0.15, 0.2) is 73.3 Å². The number of aryl methyl sites for hydroxylation is 1. The number of hydrogen-bond acceptors (Lipinski definition) is 5. The first-order valence-corrected chi connectivity index (χ1v) is 9.20. The first-order valence-electron chi connectivity index (χ1n) is 9.20. The van der Waals surface area contributed by atoms with E-state index < -0.39 is 0 Å². The van der Waals surface area contributed by atoms with Crippen LogP contribution in [0.4, 0.5) is 5.82 Å². The standard InChI is InChI=1S/C22H22N6/c1-17-13-20(26-22(25-17)19-9-6-10-23-14-19)27(2)16-21-24-11-12-28(21)15-18-7-4-3-5-8-18/h3-14H,15-16H2,1-2H3. The SMILES string of the molecule is Cc1cc(N(C)Cc2nccn2Cc2ccccc2)nc(-c2cccnc2)n1. The Morgan fingerprint density at radius 2 is 1.86 bits per heavy atom. The minimum absolute atomic E-state index is 0.656. The minimum Gasteiger partial charge on any atom is -0.352 e. The summed E-state index contributed by atoms with van der Waals surface area (Å²) < 4.78 is 2.17. The summed E-state index contributed by atoms with van der Waals surface area (Å²) in [4.78, 5) is 20.1. The number of anilines is 1. The van der Waals surface area contributed by atoms with Crippen molar-refractivity contribution < 1.29 is 0 Å². The third-order valence-corrected chi connectivity index (χ3v) is 4.53. The van der Waals surface area contributed by atoms with E-state index in [0.717, 1.165) is 29.4 Å². The Morgan fingerprint density at radius 3 is 2.64 bits per heavy atom. The van der Waals surface area contributed by atoms with Gasteiger partial charge in [-0.25, -0.2) is 15.0 Å². The van der Waals surface area contributed by atoms with Gasteiger partial charge in [0.1, 0.15) is 11.6 Å². The summed E-state index contributed by atoms with van der Waals surface area (Å²) >= 11 is 0. The number of hydrogen-bond donors (Lipinski definition) is 0. The van der Waals surface area contributed by atoms with Gasteiger partial charge in [0.15, 0.2) is 5.82 Å². The summed E-state index contributed by atoms with van der Waals surface area (Å²) in [5.41, 5.74) is 3.08. The van der Waals surface area contributed by atoms with Gasteiger partial charge < -0.3 is 9.47 Å². The third kappa shape index (κ3) is 4.06. The number of aromatic nitrogens is 5. The third-order valence-electron chi connectivity index (χ3n) is 4.53. The van der Waals surface area contributed by atoms with Gasteiger partial charge in [-0.3, -0.25) is 4.98 Å². The van der Waals surface area contributed by atoms with Crippen LogP contribution in [-0.4, -0.2) is 31.6 Å². The fourth-order valence-electron chi connectivity index (χ4n) is 3.08. The van der Waals surface area contributed by atoms with E-state index in [1.165, 1.54) is 5.56 Å². The molecule has 0 saturated heterocycles. The molecule has 4 aromatic rings. The monoisotopic (exact) mass is 370 g/mol. The van der Waals surface area contributed by atoms with Crippen molar-refractivity contribution in [2.24, 2.45) is 0 Å². The lowest BCUT2D eigenvalue weighted by Gasteiger charge is -2.19. The molecule has 0 bridgehead atoms. The van der Waals surface area contributed by atoms with Crippen molar-refractivity contribution in [3.63, 3.8) is 0 Å². The molecule has 6 nitrogen and oxygen atoms in total. The average molecular weight is 370 g/mol. The smallest absolute Gasteiger partial charge is 0.163 e. The van der Waals surface area contributed by atoms with Gasteiger partial charge in [-0.2, -0.15) is 0 Å². The van der Waals surface area contributed by atoms with Crippen LogP contribution in [0.25, 0.3) is 11.4 Å². The Kier molecular flexibility index (Phi) is 5.10. The molecule has 0 atom stereocenters. The summed E-state index contributed by atoms with van der Waals surface area (Å²) in [6.07, 6.45) is 7.39. The summed E-state index contributed by atoms with van der Waals surface area (Å²) in [6.45, 7) is 3.44. The number of nitrogens with zero attached hydrogens (tertiary/aromatic N) is 6. The van der Waals surface area contributed by atoms with Gasteiger partial charge >= 0.3 is 0 Å². The van der Waals surface area contributed by atoms with Crippen LogP contribution in [0.2, 0.25) is 0 Å². The molecule has 0 N–H and O–H groups in total. The topological polar surface area (TPSA) is 59.7 Å². The number of imidazole rings is 1. The Balaban J connectivity index is 1.56. The Bertz CT molecular complexity index is 1040. The van der Waals surface area contributed by atoms with Crippen LogP contribution >= 0.6 is 0 Å². The lowest BCUT2D eigenvalue weighted by Crippen LogP contribution is -2.21. The van der Waals surface area contributed by atoms with Crippen molar-refractivity contribution in [3.8, 4) is 11.4 Å². The van der Waals surface area contributed by atoms with Crippen molar-refractivity contribution in [1.82, 2.24) is 24.5 Å². The molecule has 3 heterocycles. The van der Waals surface area contributed by atoms with Gasteiger partial charge in [0, 0.05) is 55.7 Å². The summed E-state index contributed by atoms with van der Waals surface area (Å²) in [7, 11) is 2.02. The van der Waals surface area contributed by atoms with Gasteiger partial charge in [0.25, 0.3) is 0 Å². The maximum atomic E-state index is 4.74. The summed E-state index contributed by atoms with van der Waals surface area (Å²) in [5.74, 6) is 2.54. The first kappa shape index (κ1) is 17.9. The fourth-order valence-corrected chi connectivity index (χ4v) is 3.08. The lowest BCUT2D eigenvalue weighted by atomic mass is 10.2. The maximum absolute atomic E-state index is 4.74. The van der Waals surface area contributed by atoms with Crippen LogP contribution in [0.1, 0.15) is 17.1 Å². The van der Waals surface area contributed by atoms with E-state index in [2.05, 4.69) is 48.7 Å². The number of benzene rings is 1. The molecule has 6 heteroatoms. The van der Waals surface area contributed by atoms with Gasteiger partial charge in [-0.05, 0) is 24.6 Å². The van der Waals surface area contributed by atoms with Crippen molar-refractivity contribution in [2.45, 2.75) is 20.0 Å². The van der Waals surface area contributed by atoms with E-state index in [4.69, 9.17) is 4.98 Å². The molecule has 1 aromatic carbocycles. The van der Waals surface area contributed by atoms with Crippen LogP contribution < -0.4 is 4.90 Å². The quantitative estimate of drug-likeness (QED) is 0.518. The van der Waals surface area contributed by atoms with Gasteiger partial charge in [0.05, 0.1) is 6.54 Å². The van der Waals surface area contributed by atoms with Crippen molar-refractivity contribution in [3.05, 3.63) is 90.4 Å². The lowest BCUT2D eigenvalue weighted by molar-refractivity contribution is 0.703. The highest BCUT2D eigenvalue weighted by atomic mass is 15.2. The highest BCUT2D eigenvalue weighted by molar-refractivity contribution is 5.56. The molecule has 0 aliphatic heterocycles. The summed E-state index contributed by atoms with van der Waals surface area (Å²) in [6, 6.07) is 16.3. The Morgan fingerprint density at radius 1 is 1.00 bits per heavy atom. The van der Waals surface area contributed by atoms with Crippen molar-refractivity contribution >= 4 is 5.82 Å². The second-order valence-electron chi connectivity index (χ2n) is 6.75. The maximum Gasteiger partial charge on any atom is 0.163 e. The van der Waals surface area contributed by atoms with Crippen molar-refractivity contribution in [1.29, 1.82) is 0 Å². The molecular formula is C22H22N6. The molecule has 28 heavy (non-hydrogen) atoms. The zero-order chi connectivity index (χ0) is 19.3. The molecule has 0 aliphatic rings. The van der Waals surface area contributed by atoms with Gasteiger partial charge in [0.2, 0.25) is 0 Å². The van der Waals surface area contributed by atoms with Gasteiger partial charge in [-0.1, -0.05) is 30.3 Å². The molecule has 140 valence electrons. The normalized spacial score (nSPS) is 10.8. The predicted octanol–water partition coefficient (Wildman–Crippen LogP) is 3.73. The molecule has 0 unspecified atom stereocenters. The Hall–Kier alpha value is -3.54. The molecule has 0 saturated carbocycles.